The van der Waals surface area contributed by atoms with E-state index >= 15 is 0 Å². The zero-order valence-corrected chi connectivity index (χ0v) is 8.82. The lowest BCUT2D eigenvalue weighted by Gasteiger charge is -2.24. The minimum absolute atomic E-state index is 0.513. The molecule has 0 aromatic carbocycles. The first-order valence-electron chi connectivity index (χ1n) is 5.37. The molecule has 0 bridgehead atoms. The normalized spacial score (nSPS) is 18.2. The Hall–Kier alpha value is -0.0400. The lowest BCUT2D eigenvalue weighted by molar-refractivity contribution is 0.304. The summed E-state index contributed by atoms with van der Waals surface area (Å²) in [5.74, 6) is 0. The van der Waals surface area contributed by atoms with E-state index in [-0.39, 0.29) is 0 Å². The van der Waals surface area contributed by atoms with Crippen LogP contribution in [-0.4, -0.2) is 12.6 Å². The first kappa shape index (κ1) is 10.0. The molecule has 1 aliphatic carbocycles. The predicted octanol–water partition coefficient (Wildman–Crippen LogP) is 2.95. The van der Waals surface area contributed by atoms with Gasteiger partial charge in [-0.25, -0.2) is 0 Å². The Kier molecular flexibility index (Phi) is 3.57. The summed E-state index contributed by atoms with van der Waals surface area (Å²) in [7, 11) is 0. The Morgan fingerprint density at radius 2 is 2.00 bits per heavy atom. The van der Waals surface area contributed by atoms with Gasteiger partial charge in [-0.3, -0.25) is 0 Å². The van der Waals surface area contributed by atoms with Crippen molar-refractivity contribution in [2.24, 2.45) is 5.41 Å². The highest BCUT2D eigenvalue weighted by Gasteiger charge is 2.24. The van der Waals surface area contributed by atoms with Crippen molar-refractivity contribution < 1.29 is 0 Å². The molecule has 0 aromatic heterocycles. The second-order valence-corrected chi connectivity index (χ2v) is 4.92. The van der Waals surface area contributed by atoms with Crippen LogP contribution in [0.5, 0.6) is 0 Å². The number of nitrogens with one attached hydrogen (secondary N) is 1. The van der Waals surface area contributed by atoms with E-state index in [1.807, 2.05) is 0 Å². The van der Waals surface area contributed by atoms with Crippen LogP contribution in [0, 0.1) is 5.41 Å². The highest BCUT2D eigenvalue weighted by Crippen LogP contribution is 2.25. The Morgan fingerprint density at radius 3 is 2.50 bits per heavy atom. The maximum absolute atomic E-state index is 3.61. The Morgan fingerprint density at radius 1 is 1.33 bits per heavy atom. The van der Waals surface area contributed by atoms with Crippen molar-refractivity contribution in [3.05, 3.63) is 0 Å². The van der Waals surface area contributed by atoms with Crippen molar-refractivity contribution in [3.8, 4) is 0 Å². The van der Waals surface area contributed by atoms with Gasteiger partial charge in [0.2, 0.25) is 0 Å². The average Bonchev–Trinajstić information content (AvgIpc) is 2.81. The van der Waals surface area contributed by atoms with Gasteiger partial charge in [0.1, 0.15) is 0 Å². The van der Waals surface area contributed by atoms with E-state index in [1.165, 1.54) is 38.6 Å². The quantitative estimate of drug-likeness (QED) is 0.644. The van der Waals surface area contributed by atoms with E-state index in [0.29, 0.717) is 5.41 Å². The lowest BCUT2D eigenvalue weighted by Crippen LogP contribution is -2.30. The van der Waals surface area contributed by atoms with Crippen molar-refractivity contribution in [1.82, 2.24) is 5.32 Å². The third-order valence-corrected chi connectivity index (χ3v) is 2.65. The molecule has 0 aromatic rings. The molecule has 0 spiro atoms. The van der Waals surface area contributed by atoms with Crippen LogP contribution < -0.4 is 5.32 Å². The van der Waals surface area contributed by atoms with Crippen LogP contribution >= 0.6 is 0 Å². The second kappa shape index (κ2) is 4.27. The maximum atomic E-state index is 3.61. The molecule has 0 atom stereocenters. The number of rotatable bonds is 6. The summed E-state index contributed by atoms with van der Waals surface area (Å²) in [5.41, 5.74) is 0.513. The van der Waals surface area contributed by atoms with Gasteiger partial charge in [-0.05, 0) is 24.7 Å². The largest absolute Gasteiger partial charge is 0.313 e. The van der Waals surface area contributed by atoms with Gasteiger partial charge in [0, 0.05) is 12.6 Å². The van der Waals surface area contributed by atoms with Crippen molar-refractivity contribution in [2.75, 3.05) is 6.54 Å². The summed E-state index contributed by atoms with van der Waals surface area (Å²) >= 11 is 0. The van der Waals surface area contributed by atoms with Gasteiger partial charge in [-0.15, -0.1) is 0 Å². The molecule has 1 saturated carbocycles. The molecule has 1 fully saturated rings. The van der Waals surface area contributed by atoms with Crippen molar-refractivity contribution >= 4 is 0 Å². The van der Waals surface area contributed by atoms with Gasteiger partial charge in [0.15, 0.2) is 0 Å². The Labute approximate surface area is 76.9 Å². The SMILES string of the molecule is CCCCC(C)(C)CNC1CC1. The van der Waals surface area contributed by atoms with Gasteiger partial charge >= 0.3 is 0 Å². The first-order valence-corrected chi connectivity index (χ1v) is 5.37. The molecule has 1 N–H and O–H groups in total. The molecular weight excluding hydrogens is 146 g/mol. The molecule has 0 amide bonds. The zero-order chi connectivity index (χ0) is 9.03. The fourth-order valence-electron chi connectivity index (χ4n) is 1.45. The minimum Gasteiger partial charge on any atom is -0.313 e. The van der Waals surface area contributed by atoms with Gasteiger partial charge in [-0.1, -0.05) is 33.6 Å². The Bertz CT molecular complexity index is 125. The highest BCUT2D eigenvalue weighted by molar-refractivity contribution is 4.83. The topological polar surface area (TPSA) is 12.0 Å². The fraction of sp³-hybridized carbons (Fsp3) is 1.00. The summed E-state index contributed by atoms with van der Waals surface area (Å²) in [4.78, 5) is 0. The molecule has 0 saturated heterocycles. The van der Waals surface area contributed by atoms with Crippen molar-refractivity contribution in [2.45, 2.75) is 58.9 Å². The van der Waals surface area contributed by atoms with E-state index in [2.05, 4.69) is 26.1 Å². The molecule has 0 unspecified atom stereocenters. The highest BCUT2D eigenvalue weighted by atomic mass is 15.0. The van der Waals surface area contributed by atoms with Crippen LogP contribution in [0.25, 0.3) is 0 Å². The van der Waals surface area contributed by atoms with Gasteiger partial charge in [0.05, 0.1) is 0 Å². The lowest BCUT2D eigenvalue weighted by atomic mass is 9.87. The van der Waals surface area contributed by atoms with Gasteiger partial charge < -0.3 is 5.32 Å². The van der Waals surface area contributed by atoms with Crippen molar-refractivity contribution in [3.63, 3.8) is 0 Å². The first-order chi connectivity index (χ1) is 5.64. The number of unbranched alkanes of at least 4 members (excludes halogenated alkanes) is 1. The Balaban J connectivity index is 2.07. The van der Waals surface area contributed by atoms with Gasteiger partial charge in [0.25, 0.3) is 0 Å². The summed E-state index contributed by atoms with van der Waals surface area (Å²) < 4.78 is 0. The van der Waals surface area contributed by atoms with Crippen LogP contribution in [0.1, 0.15) is 52.9 Å². The summed E-state index contributed by atoms with van der Waals surface area (Å²) in [5, 5.41) is 3.61. The van der Waals surface area contributed by atoms with Crippen LogP contribution in [0.15, 0.2) is 0 Å². The zero-order valence-electron chi connectivity index (χ0n) is 8.82. The number of hydrogen-bond donors (Lipinski definition) is 1. The third kappa shape index (κ3) is 4.10. The van der Waals surface area contributed by atoms with E-state index in [4.69, 9.17) is 0 Å². The molecule has 12 heavy (non-hydrogen) atoms. The monoisotopic (exact) mass is 169 g/mol. The van der Waals surface area contributed by atoms with Gasteiger partial charge in [-0.2, -0.15) is 0 Å². The molecule has 1 heteroatoms. The molecule has 0 radical (unpaired) electrons. The molecule has 0 aliphatic heterocycles. The molecule has 1 nitrogen and oxygen atoms in total. The van der Waals surface area contributed by atoms with Crippen molar-refractivity contribution in [1.29, 1.82) is 0 Å². The molecule has 72 valence electrons. The van der Waals surface area contributed by atoms with E-state index in [0.717, 1.165) is 6.04 Å². The summed E-state index contributed by atoms with van der Waals surface area (Å²) in [6, 6.07) is 0.867. The third-order valence-electron chi connectivity index (χ3n) is 2.65. The molecule has 1 aliphatic rings. The summed E-state index contributed by atoms with van der Waals surface area (Å²) in [6.07, 6.45) is 6.88. The molecular formula is C11H23N. The second-order valence-electron chi connectivity index (χ2n) is 4.92. The summed E-state index contributed by atoms with van der Waals surface area (Å²) in [6.45, 7) is 8.22. The van der Waals surface area contributed by atoms with Crippen LogP contribution in [-0.2, 0) is 0 Å². The standard InChI is InChI=1S/C11H23N/c1-4-5-8-11(2,3)9-12-10-6-7-10/h10,12H,4-9H2,1-3H3. The van der Waals surface area contributed by atoms with E-state index in [9.17, 15) is 0 Å². The predicted molar refractivity (Wildman–Crippen MR) is 54.3 cm³/mol. The van der Waals surface area contributed by atoms with Crippen LogP contribution in [0.2, 0.25) is 0 Å². The maximum Gasteiger partial charge on any atom is 0.00684 e. The number of hydrogen-bond acceptors (Lipinski definition) is 1. The minimum atomic E-state index is 0.513. The molecule has 1 rings (SSSR count). The van der Waals surface area contributed by atoms with E-state index in [1.54, 1.807) is 0 Å². The molecule has 0 heterocycles. The van der Waals surface area contributed by atoms with Crippen LogP contribution in [0.4, 0.5) is 0 Å². The average molecular weight is 169 g/mol. The fourth-order valence-corrected chi connectivity index (χ4v) is 1.45. The smallest absolute Gasteiger partial charge is 0.00684 e. The van der Waals surface area contributed by atoms with E-state index < -0.39 is 0 Å². The van der Waals surface area contributed by atoms with Crippen LogP contribution in [0.3, 0.4) is 0 Å².